The average Bonchev–Trinajstić information content (AvgIpc) is 2.95. The molecule has 0 bridgehead atoms. The van der Waals surface area contributed by atoms with Gasteiger partial charge in [-0.1, -0.05) is 43.7 Å². The predicted molar refractivity (Wildman–Crippen MR) is 53.5 cm³/mol. The molecule has 0 aromatic heterocycles. The summed E-state index contributed by atoms with van der Waals surface area (Å²) in [5.41, 5.74) is 0.832. The van der Waals surface area contributed by atoms with Gasteiger partial charge in [0.15, 0.2) is 6.10 Å². The third-order valence-electron chi connectivity index (χ3n) is 2.70. The summed E-state index contributed by atoms with van der Waals surface area (Å²) in [5.74, 6) is 0. The molecular formula is C12H13NO. The van der Waals surface area contributed by atoms with Gasteiger partial charge < -0.3 is 4.74 Å². The van der Waals surface area contributed by atoms with Crippen LogP contribution in [0.3, 0.4) is 0 Å². The second-order valence-electron chi connectivity index (χ2n) is 3.63. The Morgan fingerprint density at radius 3 is 2.64 bits per heavy atom. The maximum atomic E-state index is 8.85. The lowest BCUT2D eigenvalue weighted by Gasteiger charge is -2.10. The molecule has 1 heterocycles. The van der Waals surface area contributed by atoms with Crippen molar-refractivity contribution in [3.05, 3.63) is 35.9 Å². The zero-order chi connectivity index (χ0) is 10.0. The SMILES string of the molecule is CCCC1(c2ccccc2)OC1C#N. The van der Waals surface area contributed by atoms with E-state index >= 15 is 0 Å². The van der Waals surface area contributed by atoms with Crippen molar-refractivity contribution in [2.24, 2.45) is 0 Å². The third kappa shape index (κ3) is 1.30. The molecular weight excluding hydrogens is 174 g/mol. The number of hydrogen-bond donors (Lipinski definition) is 0. The molecule has 1 aliphatic heterocycles. The molecule has 0 saturated carbocycles. The molecule has 1 saturated heterocycles. The van der Waals surface area contributed by atoms with Crippen LogP contribution in [-0.2, 0) is 10.3 Å². The number of ether oxygens (including phenoxy) is 1. The molecule has 1 fully saturated rings. The van der Waals surface area contributed by atoms with Gasteiger partial charge in [0.05, 0.1) is 6.07 Å². The fourth-order valence-electron chi connectivity index (χ4n) is 1.95. The van der Waals surface area contributed by atoms with E-state index in [0.717, 1.165) is 18.4 Å². The molecule has 2 unspecified atom stereocenters. The van der Waals surface area contributed by atoms with Crippen LogP contribution < -0.4 is 0 Å². The molecule has 0 amide bonds. The number of rotatable bonds is 3. The number of nitrogens with zero attached hydrogens (tertiary/aromatic N) is 1. The van der Waals surface area contributed by atoms with Gasteiger partial charge in [-0.3, -0.25) is 0 Å². The molecule has 2 heteroatoms. The predicted octanol–water partition coefficient (Wildman–Crippen LogP) is 2.60. The fourth-order valence-corrected chi connectivity index (χ4v) is 1.95. The van der Waals surface area contributed by atoms with Gasteiger partial charge in [0.2, 0.25) is 0 Å². The standard InChI is InChI=1S/C12H13NO/c1-2-8-12(11(9-13)14-12)10-6-4-3-5-7-10/h3-7,11H,2,8H2,1H3. The van der Waals surface area contributed by atoms with E-state index < -0.39 is 0 Å². The van der Waals surface area contributed by atoms with Crippen molar-refractivity contribution < 1.29 is 4.74 Å². The van der Waals surface area contributed by atoms with E-state index in [4.69, 9.17) is 10.00 Å². The highest BCUT2D eigenvalue weighted by molar-refractivity contribution is 5.32. The van der Waals surface area contributed by atoms with Crippen LogP contribution in [0.15, 0.2) is 30.3 Å². The molecule has 1 aliphatic rings. The second kappa shape index (κ2) is 3.43. The van der Waals surface area contributed by atoms with Crippen molar-refractivity contribution in [2.75, 3.05) is 0 Å². The molecule has 72 valence electrons. The fraction of sp³-hybridized carbons (Fsp3) is 0.417. The highest BCUT2D eigenvalue weighted by Gasteiger charge is 2.57. The molecule has 2 atom stereocenters. The Kier molecular flexibility index (Phi) is 2.26. The van der Waals surface area contributed by atoms with Crippen LogP contribution in [0, 0.1) is 11.3 Å². The largest absolute Gasteiger partial charge is 0.345 e. The number of nitriles is 1. The number of hydrogen-bond acceptors (Lipinski definition) is 2. The highest BCUT2D eigenvalue weighted by atomic mass is 16.6. The van der Waals surface area contributed by atoms with E-state index in [0.29, 0.717) is 0 Å². The van der Waals surface area contributed by atoms with E-state index in [-0.39, 0.29) is 11.7 Å². The minimum absolute atomic E-state index is 0.246. The smallest absolute Gasteiger partial charge is 0.178 e. The Morgan fingerprint density at radius 1 is 1.43 bits per heavy atom. The Hall–Kier alpha value is -1.33. The minimum atomic E-state index is -0.301. The lowest BCUT2D eigenvalue weighted by atomic mass is 9.91. The second-order valence-corrected chi connectivity index (χ2v) is 3.63. The normalized spacial score (nSPS) is 29.6. The molecule has 0 radical (unpaired) electrons. The van der Waals surface area contributed by atoms with Gasteiger partial charge in [0.1, 0.15) is 5.60 Å². The summed E-state index contributed by atoms with van der Waals surface area (Å²) >= 11 is 0. The van der Waals surface area contributed by atoms with Crippen molar-refractivity contribution in [3.63, 3.8) is 0 Å². The quantitative estimate of drug-likeness (QED) is 0.682. The maximum absolute atomic E-state index is 8.85. The average molecular weight is 187 g/mol. The third-order valence-corrected chi connectivity index (χ3v) is 2.70. The lowest BCUT2D eigenvalue weighted by Crippen LogP contribution is -2.11. The number of epoxide rings is 1. The number of benzene rings is 1. The monoisotopic (exact) mass is 187 g/mol. The first-order valence-corrected chi connectivity index (χ1v) is 4.96. The summed E-state index contributed by atoms with van der Waals surface area (Å²) in [6.45, 7) is 2.11. The lowest BCUT2D eigenvalue weighted by molar-refractivity contribution is 0.286. The van der Waals surface area contributed by atoms with Gasteiger partial charge in [0, 0.05) is 0 Å². The molecule has 1 aromatic rings. The molecule has 0 aliphatic carbocycles. The first-order chi connectivity index (χ1) is 6.83. The molecule has 0 N–H and O–H groups in total. The summed E-state index contributed by atoms with van der Waals surface area (Å²) in [5, 5.41) is 8.85. The van der Waals surface area contributed by atoms with E-state index in [1.165, 1.54) is 0 Å². The van der Waals surface area contributed by atoms with E-state index in [9.17, 15) is 0 Å². The summed E-state index contributed by atoms with van der Waals surface area (Å²) in [7, 11) is 0. The van der Waals surface area contributed by atoms with Crippen molar-refractivity contribution in [1.82, 2.24) is 0 Å². The van der Waals surface area contributed by atoms with Crippen LogP contribution in [0.25, 0.3) is 0 Å². The highest BCUT2D eigenvalue weighted by Crippen LogP contribution is 2.49. The van der Waals surface area contributed by atoms with E-state index in [2.05, 4.69) is 13.0 Å². The summed E-state index contributed by atoms with van der Waals surface area (Å²) in [6.07, 6.45) is 1.72. The van der Waals surface area contributed by atoms with Gasteiger partial charge in [-0.05, 0) is 12.0 Å². The van der Waals surface area contributed by atoms with E-state index in [1.807, 2.05) is 30.3 Å². The van der Waals surface area contributed by atoms with E-state index in [1.54, 1.807) is 0 Å². The first-order valence-electron chi connectivity index (χ1n) is 4.96. The van der Waals surface area contributed by atoms with Crippen LogP contribution in [0.5, 0.6) is 0 Å². The van der Waals surface area contributed by atoms with Crippen LogP contribution in [0.2, 0.25) is 0 Å². The Labute approximate surface area is 84.1 Å². The maximum Gasteiger partial charge on any atom is 0.178 e. The van der Waals surface area contributed by atoms with Crippen molar-refractivity contribution in [3.8, 4) is 6.07 Å². The summed E-state index contributed by atoms with van der Waals surface area (Å²) in [4.78, 5) is 0. The molecule has 0 spiro atoms. The van der Waals surface area contributed by atoms with Gasteiger partial charge in [-0.25, -0.2) is 0 Å². The van der Waals surface area contributed by atoms with Crippen LogP contribution >= 0.6 is 0 Å². The molecule has 14 heavy (non-hydrogen) atoms. The summed E-state index contributed by atoms with van der Waals surface area (Å²) < 4.78 is 5.52. The minimum Gasteiger partial charge on any atom is -0.345 e. The molecule has 2 nitrogen and oxygen atoms in total. The zero-order valence-corrected chi connectivity index (χ0v) is 8.23. The Morgan fingerprint density at radius 2 is 2.14 bits per heavy atom. The Bertz CT molecular complexity index is 354. The Balaban J connectivity index is 2.27. The molecule has 2 rings (SSSR count). The van der Waals surface area contributed by atoms with Crippen molar-refractivity contribution >= 4 is 0 Å². The topological polar surface area (TPSA) is 36.3 Å². The van der Waals surface area contributed by atoms with Crippen LogP contribution in [0.4, 0.5) is 0 Å². The zero-order valence-electron chi connectivity index (χ0n) is 8.23. The van der Waals surface area contributed by atoms with Crippen LogP contribution in [0.1, 0.15) is 25.3 Å². The first kappa shape index (κ1) is 9.23. The van der Waals surface area contributed by atoms with Gasteiger partial charge >= 0.3 is 0 Å². The van der Waals surface area contributed by atoms with Gasteiger partial charge in [0.25, 0.3) is 0 Å². The van der Waals surface area contributed by atoms with Crippen molar-refractivity contribution in [2.45, 2.75) is 31.5 Å². The summed E-state index contributed by atoms with van der Waals surface area (Å²) in [6, 6.07) is 12.2. The van der Waals surface area contributed by atoms with Gasteiger partial charge in [-0.15, -0.1) is 0 Å². The van der Waals surface area contributed by atoms with Crippen LogP contribution in [-0.4, -0.2) is 6.10 Å². The van der Waals surface area contributed by atoms with Crippen molar-refractivity contribution in [1.29, 1.82) is 5.26 Å². The molecule has 1 aromatic carbocycles. The van der Waals surface area contributed by atoms with Gasteiger partial charge in [-0.2, -0.15) is 5.26 Å².